The minimum atomic E-state index is -1.57. The molecule has 1 saturated heterocycles. The van der Waals surface area contributed by atoms with Crippen molar-refractivity contribution in [1.82, 2.24) is 0 Å². The first kappa shape index (κ1) is 12.3. The van der Waals surface area contributed by atoms with E-state index in [0.29, 0.717) is 0 Å². The summed E-state index contributed by atoms with van der Waals surface area (Å²) in [4.78, 5) is 10.6. The molecule has 1 aliphatic heterocycles. The molecule has 0 bridgehead atoms. The lowest BCUT2D eigenvalue weighted by Crippen LogP contribution is -2.59. The number of hydrogen-bond donors (Lipinski definition) is 4. The Kier molecular flexibility index (Phi) is 4.00. The summed E-state index contributed by atoms with van der Waals surface area (Å²) < 4.78 is 9.32. The molecule has 0 aromatic carbocycles. The average Bonchev–Trinajstić information content (AvgIpc) is 2.18. The molecule has 1 fully saturated rings. The molecule has 0 radical (unpaired) electrons. The van der Waals surface area contributed by atoms with Gasteiger partial charge in [0.1, 0.15) is 18.3 Å². The van der Waals surface area contributed by atoms with E-state index in [1.807, 2.05) is 0 Å². The Balaban J connectivity index is 2.70. The maximum absolute atomic E-state index is 10.6. The van der Waals surface area contributed by atoms with Crippen LogP contribution >= 0.6 is 0 Å². The van der Waals surface area contributed by atoms with E-state index in [1.165, 1.54) is 0 Å². The highest BCUT2D eigenvalue weighted by molar-refractivity contribution is 5.66. The molecule has 5 atom stereocenters. The summed E-state index contributed by atoms with van der Waals surface area (Å²) in [6, 6.07) is 0. The fourth-order valence-electron chi connectivity index (χ4n) is 1.39. The molecule has 4 N–H and O–H groups in total. The Bertz CT molecular complexity index is 231. The van der Waals surface area contributed by atoms with Crippen LogP contribution in [-0.2, 0) is 14.3 Å². The van der Waals surface area contributed by atoms with Crippen LogP contribution in [0.5, 0.6) is 0 Å². The van der Waals surface area contributed by atoms with Crippen LogP contribution in [0.15, 0.2) is 0 Å². The fraction of sp³-hybridized carbons (Fsp3) is 0.875. The van der Waals surface area contributed by atoms with Crippen molar-refractivity contribution >= 4 is 5.97 Å². The maximum atomic E-state index is 10.6. The molecule has 7 heteroatoms. The van der Waals surface area contributed by atoms with Crippen LogP contribution in [0.2, 0.25) is 0 Å². The highest BCUT2D eigenvalue weighted by Gasteiger charge is 2.45. The van der Waals surface area contributed by atoms with Gasteiger partial charge in [-0.2, -0.15) is 0 Å². The average molecular weight is 222 g/mol. The zero-order valence-electron chi connectivity index (χ0n) is 8.11. The number of carbonyl (C=O) groups is 1. The fourth-order valence-corrected chi connectivity index (χ4v) is 1.39. The number of carbonyl (C=O) groups excluding carboxylic acids is 1. The van der Waals surface area contributed by atoms with Gasteiger partial charge in [-0.3, -0.25) is 4.79 Å². The predicted octanol–water partition coefficient (Wildman–Crippen LogP) is -2.65. The lowest BCUT2D eigenvalue weighted by molar-refractivity contribution is -0.290. The number of ether oxygens (including phenoxy) is 2. The Hall–Kier alpha value is -0.730. The van der Waals surface area contributed by atoms with Crippen LogP contribution in [-0.4, -0.2) is 63.7 Å². The van der Waals surface area contributed by atoms with Gasteiger partial charge in [-0.05, 0) is 0 Å². The molecule has 0 unspecified atom stereocenters. The Morgan fingerprint density at radius 1 is 1.33 bits per heavy atom. The van der Waals surface area contributed by atoms with E-state index < -0.39 is 43.3 Å². The van der Waals surface area contributed by atoms with E-state index in [4.69, 9.17) is 9.84 Å². The molecule has 88 valence electrons. The van der Waals surface area contributed by atoms with Gasteiger partial charge in [0.2, 0.25) is 0 Å². The molecule has 0 aromatic rings. The largest absolute Gasteiger partial charge is 0.454 e. The zero-order chi connectivity index (χ0) is 11.6. The molecular formula is C8H14O7. The van der Waals surface area contributed by atoms with Crippen molar-refractivity contribution in [2.75, 3.05) is 6.61 Å². The van der Waals surface area contributed by atoms with Crippen LogP contribution < -0.4 is 0 Å². The van der Waals surface area contributed by atoms with Crippen LogP contribution in [0.25, 0.3) is 0 Å². The van der Waals surface area contributed by atoms with Crippen LogP contribution in [0.3, 0.4) is 0 Å². The topological polar surface area (TPSA) is 116 Å². The molecule has 0 aliphatic carbocycles. The summed E-state index contributed by atoms with van der Waals surface area (Å²) in [6.45, 7) is 0.548. The standard InChI is InChI=1S/C8H14O7/c1-3(10)14-7-6(12)5(11)4(2-9)15-8(7)13/h4-9,11-13H,2H2,1H3/t4-,5+,6+,7-,8-/m1/s1. The molecule has 1 aliphatic rings. The van der Waals surface area contributed by atoms with Gasteiger partial charge in [-0.1, -0.05) is 0 Å². The number of rotatable bonds is 2. The van der Waals surface area contributed by atoms with Crippen molar-refractivity contribution < 1.29 is 34.7 Å². The van der Waals surface area contributed by atoms with Gasteiger partial charge in [0, 0.05) is 6.92 Å². The van der Waals surface area contributed by atoms with Crippen molar-refractivity contribution in [3.8, 4) is 0 Å². The van der Waals surface area contributed by atoms with Crippen molar-refractivity contribution in [1.29, 1.82) is 0 Å². The number of aliphatic hydroxyl groups excluding tert-OH is 4. The predicted molar refractivity (Wildman–Crippen MR) is 45.5 cm³/mol. The number of esters is 1. The highest BCUT2D eigenvalue weighted by Crippen LogP contribution is 2.22. The van der Waals surface area contributed by atoms with Gasteiger partial charge in [-0.15, -0.1) is 0 Å². The van der Waals surface area contributed by atoms with Crippen molar-refractivity contribution in [2.45, 2.75) is 37.6 Å². The van der Waals surface area contributed by atoms with E-state index in [1.54, 1.807) is 0 Å². The van der Waals surface area contributed by atoms with Gasteiger partial charge >= 0.3 is 5.97 Å². The summed E-state index contributed by atoms with van der Waals surface area (Å²) in [5.74, 6) is -0.712. The molecule has 1 heterocycles. The second kappa shape index (κ2) is 4.86. The normalized spacial score (nSPS) is 41.3. The van der Waals surface area contributed by atoms with Crippen LogP contribution in [0.1, 0.15) is 6.92 Å². The third-order valence-electron chi connectivity index (χ3n) is 2.14. The van der Waals surface area contributed by atoms with Crippen molar-refractivity contribution in [2.24, 2.45) is 0 Å². The summed E-state index contributed by atoms with van der Waals surface area (Å²) in [7, 11) is 0. The van der Waals surface area contributed by atoms with Crippen LogP contribution in [0, 0.1) is 0 Å². The Morgan fingerprint density at radius 2 is 1.93 bits per heavy atom. The number of hydrogen-bond acceptors (Lipinski definition) is 7. The summed E-state index contributed by atoms with van der Waals surface area (Å²) in [6.07, 6.45) is -6.91. The van der Waals surface area contributed by atoms with Crippen molar-refractivity contribution in [3.63, 3.8) is 0 Å². The second-order valence-corrected chi connectivity index (χ2v) is 3.30. The van der Waals surface area contributed by atoms with Crippen LogP contribution in [0.4, 0.5) is 0 Å². The quantitative estimate of drug-likeness (QED) is 0.377. The highest BCUT2D eigenvalue weighted by atomic mass is 16.7. The molecule has 0 saturated carbocycles. The van der Waals surface area contributed by atoms with Crippen molar-refractivity contribution in [3.05, 3.63) is 0 Å². The summed E-state index contributed by atoms with van der Waals surface area (Å²) in [5, 5.41) is 37.0. The van der Waals surface area contributed by atoms with Gasteiger partial charge in [0.25, 0.3) is 0 Å². The first-order chi connectivity index (χ1) is 6.97. The van der Waals surface area contributed by atoms with E-state index in [-0.39, 0.29) is 0 Å². The summed E-state index contributed by atoms with van der Waals surface area (Å²) in [5.41, 5.74) is 0. The zero-order valence-corrected chi connectivity index (χ0v) is 8.11. The van der Waals surface area contributed by atoms with E-state index >= 15 is 0 Å². The molecule has 0 aromatic heterocycles. The lowest BCUT2D eigenvalue weighted by atomic mass is 9.99. The third-order valence-corrected chi connectivity index (χ3v) is 2.14. The Labute approximate surface area is 85.9 Å². The molecular weight excluding hydrogens is 208 g/mol. The minimum absolute atomic E-state index is 0.553. The second-order valence-electron chi connectivity index (χ2n) is 3.30. The van der Waals surface area contributed by atoms with E-state index in [2.05, 4.69) is 4.74 Å². The number of aliphatic hydroxyl groups is 4. The van der Waals surface area contributed by atoms with Gasteiger partial charge in [0.15, 0.2) is 12.4 Å². The first-order valence-electron chi connectivity index (χ1n) is 4.45. The smallest absolute Gasteiger partial charge is 0.303 e. The monoisotopic (exact) mass is 222 g/mol. The van der Waals surface area contributed by atoms with Gasteiger partial charge < -0.3 is 29.9 Å². The molecule has 7 nitrogen and oxygen atoms in total. The first-order valence-corrected chi connectivity index (χ1v) is 4.45. The minimum Gasteiger partial charge on any atom is -0.454 e. The van der Waals surface area contributed by atoms with E-state index in [9.17, 15) is 20.1 Å². The van der Waals surface area contributed by atoms with Gasteiger partial charge in [-0.25, -0.2) is 0 Å². The maximum Gasteiger partial charge on any atom is 0.303 e. The Morgan fingerprint density at radius 3 is 2.40 bits per heavy atom. The van der Waals surface area contributed by atoms with E-state index in [0.717, 1.165) is 6.92 Å². The third kappa shape index (κ3) is 2.64. The lowest BCUT2D eigenvalue weighted by Gasteiger charge is -2.39. The SMILES string of the molecule is CC(=O)O[C@@H]1[C@@H](O)[C@@H](O)[C@@H](CO)O[C@H]1O. The molecule has 15 heavy (non-hydrogen) atoms. The molecule has 0 spiro atoms. The molecule has 0 amide bonds. The summed E-state index contributed by atoms with van der Waals surface area (Å²) >= 11 is 0. The van der Waals surface area contributed by atoms with Gasteiger partial charge in [0.05, 0.1) is 6.61 Å². The molecule has 1 rings (SSSR count).